The lowest BCUT2D eigenvalue weighted by Gasteiger charge is -2.00. The van der Waals surface area contributed by atoms with Crippen molar-refractivity contribution in [2.24, 2.45) is 5.14 Å². The molecule has 0 bridgehead atoms. The second kappa shape index (κ2) is 6.88. The van der Waals surface area contributed by atoms with Gasteiger partial charge in [0.05, 0.1) is 4.90 Å². The van der Waals surface area contributed by atoms with Crippen molar-refractivity contribution in [2.75, 3.05) is 5.73 Å². The average Bonchev–Trinajstić information content (AvgIpc) is 2.26. The van der Waals surface area contributed by atoms with Crippen molar-refractivity contribution in [3.05, 3.63) is 58.1 Å². The molecular weight excluding hydrogens is 340 g/mol. The van der Waals surface area contributed by atoms with Crippen molar-refractivity contribution in [2.45, 2.75) is 18.7 Å². The summed E-state index contributed by atoms with van der Waals surface area (Å²) in [6.45, 7) is 3.72. The van der Waals surface area contributed by atoms with E-state index in [1.54, 1.807) is 25.1 Å². The molecule has 0 saturated carbocycles. The van der Waals surface area contributed by atoms with Gasteiger partial charge in [-0.1, -0.05) is 34.1 Å². The van der Waals surface area contributed by atoms with E-state index in [1.807, 2.05) is 25.1 Å². The maximum atomic E-state index is 10.8. The van der Waals surface area contributed by atoms with E-state index < -0.39 is 10.0 Å². The zero-order valence-electron chi connectivity index (χ0n) is 11.3. The smallest absolute Gasteiger partial charge is 0.238 e. The summed E-state index contributed by atoms with van der Waals surface area (Å²) >= 11 is 3.33. The third kappa shape index (κ3) is 5.32. The van der Waals surface area contributed by atoms with E-state index in [1.165, 1.54) is 11.6 Å². The van der Waals surface area contributed by atoms with Gasteiger partial charge in [-0.15, -0.1) is 0 Å². The standard InChI is InChI=1S/C7H8BrN.C7H9NO2S/c1-5-2-6(8)4-7(9)3-5;1-6-4-2-3-5-7(6)11(8,9)10/h2-4H,9H2,1H3;2-5H,1H3,(H2,8,9,10). The Hall–Kier alpha value is -1.37. The minimum absolute atomic E-state index is 0.194. The van der Waals surface area contributed by atoms with Crippen molar-refractivity contribution >= 4 is 31.6 Å². The molecule has 2 rings (SSSR count). The Kier molecular flexibility index (Phi) is 5.74. The molecule has 0 saturated heterocycles. The first kappa shape index (κ1) is 16.7. The molecule has 0 aromatic heterocycles. The molecule has 0 heterocycles. The Balaban J connectivity index is 0.000000204. The number of hydrogen-bond acceptors (Lipinski definition) is 3. The molecule has 0 fully saturated rings. The van der Waals surface area contributed by atoms with E-state index in [0.717, 1.165) is 10.2 Å². The highest BCUT2D eigenvalue weighted by Gasteiger charge is 2.08. The number of hydrogen-bond donors (Lipinski definition) is 2. The van der Waals surface area contributed by atoms with Crippen LogP contribution in [-0.4, -0.2) is 8.42 Å². The molecule has 0 amide bonds. The first-order valence-corrected chi connectivity index (χ1v) is 8.15. The van der Waals surface area contributed by atoms with Crippen LogP contribution in [0.1, 0.15) is 11.1 Å². The number of benzene rings is 2. The molecule has 0 aliphatic carbocycles. The lowest BCUT2D eigenvalue weighted by Crippen LogP contribution is -2.13. The molecule has 20 heavy (non-hydrogen) atoms. The van der Waals surface area contributed by atoms with Gasteiger partial charge in [0.1, 0.15) is 0 Å². The van der Waals surface area contributed by atoms with Gasteiger partial charge in [0, 0.05) is 10.2 Å². The molecular formula is C14H17BrN2O2S. The number of rotatable bonds is 1. The molecule has 108 valence electrons. The van der Waals surface area contributed by atoms with Gasteiger partial charge in [-0.2, -0.15) is 0 Å². The summed E-state index contributed by atoms with van der Waals surface area (Å²) in [5.74, 6) is 0. The van der Waals surface area contributed by atoms with Crippen LogP contribution in [0.4, 0.5) is 5.69 Å². The van der Waals surface area contributed by atoms with E-state index in [4.69, 9.17) is 10.9 Å². The largest absolute Gasteiger partial charge is 0.399 e. The lowest BCUT2D eigenvalue weighted by atomic mass is 10.2. The molecule has 0 radical (unpaired) electrons. The Bertz CT molecular complexity index is 650. The first-order chi connectivity index (χ1) is 9.20. The van der Waals surface area contributed by atoms with Crippen LogP contribution in [0.5, 0.6) is 0 Å². The Labute approximate surface area is 128 Å². The van der Waals surface area contributed by atoms with Crippen LogP contribution in [0.25, 0.3) is 0 Å². The summed E-state index contributed by atoms with van der Waals surface area (Å²) in [6.07, 6.45) is 0. The number of halogens is 1. The molecule has 0 atom stereocenters. The Morgan fingerprint density at radius 2 is 1.65 bits per heavy atom. The SMILES string of the molecule is Cc1cc(N)cc(Br)c1.Cc1ccccc1S(N)(=O)=O. The third-order valence-corrected chi connectivity index (χ3v) is 3.99. The quantitative estimate of drug-likeness (QED) is 0.770. The summed E-state index contributed by atoms with van der Waals surface area (Å²) in [4.78, 5) is 0.194. The van der Waals surface area contributed by atoms with E-state index in [2.05, 4.69) is 15.9 Å². The lowest BCUT2D eigenvalue weighted by molar-refractivity contribution is 0.597. The van der Waals surface area contributed by atoms with Crippen LogP contribution in [-0.2, 0) is 10.0 Å². The van der Waals surface area contributed by atoms with Crippen molar-refractivity contribution in [3.63, 3.8) is 0 Å². The fraction of sp³-hybridized carbons (Fsp3) is 0.143. The van der Waals surface area contributed by atoms with Crippen LogP contribution in [0.15, 0.2) is 51.8 Å². The van der Waals surface area contributed by atoms with Crippen molar-refractivity contribution in [1.29, 1.82) is 0 Å². The average molecular weight is 357 g/mol. The van der Waals surface area contributed by atoms with Gasteiger partial charge in [-0.3, -0.25) is 0 Å². The van der Waals surface area contributed by atoms with Gasteiger partial charge >= 0.3 is 0 Å². The second-order valence-electron chi connectivity index (χ2n) is 4.37. The van der Waals surface area contributed by atoms with Crippen molar-refractivity contribution in [3.8, 4) is 0 Å². The van der Waals surface area contributed by atoms with Crippen LogP contribution in [0.3, 0.4) is 0 Å². The third-order valence-electron chi connectivity index (χ3n) is 2.46. The maximum absolute atomic E-state index is 10.8. The molecule has 2 aromatic carbocycles. The van der Waals surface area contributed by atoms with Gasteiger partial charge in [0.2, 0.25) is 10.0 Å². The first-order valence-electron chi connectivity index (χ1n) is 5.81. The minimum atomic E-state index is -3.53. The highest BCUT2D eigenvalue weighted by Crippen LogP contribution is 2.15. The number of aryl methyl sites for hydroxylation is 2. The fourth-order valence-electron chi connectivity index (χ4n) is 1.64. The van der Waals surface area contributed by atoms with Gasteiger partial charge in [-0.05, 0) is 49.2 Å². The van der Waals surface area contributed by atoms with Crippen LogP contribution in [0, 0.1) is 13.8 Å². The van der Waals surface area contributed by atoms with Gasteiger partial charge in [-0.25, -0.2) is 13.6 Å². The molecule has 0 aliphatic heterocycles. The van der Waals surface area contributed by atoms with Crippen molar-refractivity contribution < 1.29 is 8.42 Å². The Morgan fingerprint density at radius 1 is 1.05 bits per heavy atom. The molecule has 0 aliphatic rings. The van der Waals surface area contributed by atoms with E-state index >= 15 is 0 Å². The zero-order valence-corrected chi connectivity index (χ0v) is 13.7. The summed E-state index contributed by atoms with van der Waals surface area (Å²) in [6, 6.07) is 12.5. The number of nitrogens with two attached hydrogens (primary N) is 2. The normalized spacial score (nSPS) is 10.6. The fourth-order valence-corrected chi connectivity index (χ4v) is 3.05. The molecule has 4 nitrogen and oxygen atoms in total. The van der Waals surface area contributed by atoms with Crippen LogP contribution in [0.2, 0.25) is 0 Å². The monoisotopic (exact) mass is 356 g/mol. The van der Waals surface area contributed by atoms with Crippen molar-refractivity contribution in [1.82, 2.24) is 0 Å². The summed E-state index contributed by atoms with van der Waals surface area (Å²) in [5.41, 5.74) is 8.19. The second-order valence-corrected chi connectivity index (χ2v) is 6.82. The van der Waals surface area contributed by atoms with E-state index in [0.29, 0.717) is 5.56 Å². The number of sulfonamides is 1. The molecule has 2 aromatic rings. The molecule has 0 unspecified atom stereocenters. The van der Waals surface area contributed by atoms with Gasteiger partial charge < -0.3 is 5.73 Å². The summed E-state index contributed by atoms with van der Waals surface area (Å²) < 4.78 is 22.7. The Morgan fingerprint density at radius 3 is 2.05 bits per heavy atom. The van der Waals surface area contributed by atoms with Crippen LogP contribution >= 0.6 is 15.9 Å². The predicted octanol–water partition coefficient (Wildman–Crippen LogP) is 2.98. The zero-order chi connectivity index (χ0) is 15.3. The van der Waals surface area contributed by atoms with Gasteiger partial charge in [0.15, 0.2) is 0 Å². The minimum Gasteiger partial charge on any atom is -0.399 e. The topological polar surface area (TPSA) is 86.2 Å². The molecule has 6 heteroatoms. The maximum Gasteiger partial charge on any atom is 0.238 e. The van der Waals surface area contributed by atoms with Crippen LogP contribution < -0.4 is 10.9 Å². The highest BCUT2D eigenvalue weighted by atomic mass is 79.9. The highest BCUT2D eigenvalue weighted by molar-refractivity contribution is 9.10. The predicted molar refractivity (Wildman–Crippen MR) is 85.8 cm³/mol. The molecule has 0 spiro atoms. The van der Waals surface area contributed by atoms with Gasteiger partial charge in [0.25, 0.3) is 0 Å². The van der Waals surface area contributed by atoms with E-state index in [9.17, 15) is 8.42 Å². The summed E-state index contributed by atoms with van der Waals surface area (Å²) in [7, 11) is -3.53. The molecule has 4 N–H and O–H groups in total. The number of anilines is 1. The summed E-state index contributed by atoms with van der Waals surface area (Å²) in [5, 5.41) is 4.93. The van der Waals surface area contributed by atoms with E-state index in [-0.39, 0.29) is 4.90 Å². The number of primary sulfonamides is 1. The number of nitrogen functional groups attached to an aromatic ring is 1.